The Balaban J connectivity index is 2.86. The van der Waals surface area contributed by atoms with Gasteiger partial charge in [-0.25, -0.2) is 0 Å². The average Bonchev–Trinajstić information content (AvgIpc) is 1.83. The largest absolute Gasteiger partial charge is 0.510 e. The molecule has 0 fully saturated rings. The molecule has 0 radical (unpaired) electrons. The van der Waals surface area contributed by atoms with Crippen molar-refractivity contribution >= 4 is 5.78 Å². The van der Waals surface area contributed by atoms with Gasteiger partial charge >= 0.3 is 0 Å². The molecule has 0 saturated heterocycles. The van der Waals surface area contributed by atoms with Crippen molar-refractivity contribution in [2.24, 2.45) is 5.73 Å². The van der Waals surface area contributed by atoms with Crippen LogP contribution in [-0.2, 0) is 4.79 Å². The minimum Gasteiger partial charge on any atom is -0.510 e. The molecule has 0 aromatic heterocycles. The number of hydrogen-bond acceptors (Lipinski definition) is 3. The Morgan fingerprint density at radius 3 is 2.78 bits per heavy atom. The summed E-state index contributed by atoms with van der Waals surface area (Å²) in [6.07, 6.45) is 4.22. The smallest absolute Gasteiger partial charge is 0.180 e. The highest BCUT2D eigenvalue weighted by molar-refractivity contribution is 5.97. The lowest BCUT2D eigenvalue weighted by molar-refractivity contribution is -0.115. The third-order valence-electron chi connectivity index (χ3n) is 1.15. The predicted molar refractivity (Wildman–Crippen MR) is 32.8 cm³/mol. The highest BCUT2D eigenvalue weighted by atomic mass is 16.3. The van der Waals surface area contributed by atoms with Crippen molar-refractivity contribution in [3.05, 3.63) is 24.0 Å². The van der Waals surface area contributed by atoms with Gasteiger partial charge in [0.1, 0.15) is 11.8 Å². The first-order valence-electron chi connectivity index (χ1n) is 2.58. The maximum atomic E-state index is 10.6. The van der Waals surface area contributed by atoms with E-state index in [1.54, 1.807) is 0 Å². The quantitative estimate of drug-likeness (QED) is 0.475. The van der Waals surface area contributed by atoms with Gasteiger partial charge in [0, 0.05) is 0 Å². The number of nitrogens with two attached hydrogens (primary N) is 1. The second-order valence-electron chi connectivity index (χ2n) is 1.83. The van der Waals surface area contributed by atoms with E-state index in [0.29, 0.717) is 0 Å². The number of carbonyl (C=O) groups is 1. The predicted octanol–water partition coefficient (Wildman–Crippen LogP) is -0.106. The van der Waals surface area contributed by atoms with Crippen molar-refractivity contribution in [2.45, 2.75) is 6.04 Å². The fourth-order valence-corrected chi connectivity index (χ4v) is 0.595. The molecule has 3 heteroatoms. The molecule has 9 heavy (non-hydrogen) atoms. The summed E-state index contributed by atoms with van der Waals surface area (Å²) in [6.45, 7) is 0. The van der Waals surface area contributed by atoms with E-state index in [9.17, 15) is 4.79 Å². The van der Waals surface area contributed by atoms with E-state index in [1.807, 2.05) is 0 Å². The molecule has 1 aliphatic carbocycles. The second-order valence-corrected chi connectivity index (χ2v) is 1.83. The van der Waals surface area contributed by atoms with Crippen molar-refractivity contribution in [2.75, 3.05) is 0 Å². The van der Waals surface area contributed by atoms with Gasteiger partial charge in [0.15, 0.2) is 5.78 Å². The van der Waals surface area contributed by atoms with Gasteiger partial charge in [-0.1, -0.05) is 6.08 Å². The third-order valence-corrected chi connectivity index (χ3v) is 1.15. The lowest BCUT2D eigenvalue weighted by Crippen LogP contribution is -2.32. The van der Waals surface area contributed by atoms with Crippen LogP contribution in [0.5, 0.6) is 0 Å². The molecule has 1 aliphatic rings. The highest BCUT2D eigenvalue weighted by Crippen LogP contribution is 2.03. The minimum absolute atomic E-state index is 0.0671. The Hall–Kier alpha value is -1.09. The van der Waals surface area contributed by atoms with E-state index in [4.69, 9.17) is 10.8 Å². The van der Waals surface area contributed by atoms with Crippen LogP contribution < -0.4 is 5.73 Å². The molecule has 0 bridgehead atoms. The number of aliphatic hydroxyl groups is 1. The number of carbonyl (C=O) groups excluding carboxylic acids is 1. The third kappa shape index (κ3) is 1.000. The van der Waals surface area contributed by atoms with Crippen LogP contribution in [0.15, 0.2) is 24.0 Å². The average molecular weight is 125 g/mol. The van der Waals surface area contributed by atoms with E-state index in [-0.39, 0.29) is 11.5 Å². The Labute approximate surface area is 52.5 Å². The Morgan fingerprint density at radius 2 is 2.33 bits per heavy atom. The molecular weight excluding hydrogens is 118 g/mol. The second kappa shape index (κ2) is 2.03. The summed E-state index contributed by atoms with van der Waals surface area (Å²) in [4.78, 5) is 10.6. The van der Waals surface area contributed by atoms with E-state index in [2.05, 4.69) is 0 Å². The number of ketones is 1. The molecular formula is C6H7NO2. The molecule has 0 heterocycles. The molecule has 0 aromatic carbocycles. The summed E-state index contributed by atoms with van der Waals surface area (Å²) in [5, 5.41) is 8.81. The summed E-state index contributed by atoms with van der Waals surface area (Å²) < 4.78 is 0. The van der Waals surface area contributed by atoms with Gasteiger partial charge < -0.3 is 10.8 Å². The molecule has 3 N–H and O–H groups in total. The maximum absolute atomic E-state index is 10.6. The van der Waals surface area contributed by atoms with Crippen LogP contribution in [0.1, 0.15) is 0 Å². The normalized spacial score (nSPS) is 26.1. The van der Waals surface area contributed by atoms with Gasteiger partial charge in [-0.15, -0.1) is 0 Å². The van der Waals surface area contributed by atoms with E-state index in [1.165, 1.54) is 18.2 Å². The lowest BCUT2D eigenvalue weighted by Gasteiger charge is -2.08. The first-order valence-corrected chi connectivity index (χ1v) is 2.58. The summed E-state index contributed by atoms with van der Waals surface area (Å²) in [6, 6.07) is -0.838. The SMILES string of the molecule is NC1C(=O)C=CC=C1O. The van der Waals surface area contributed by atoms with Crippen molar-refractivity contribution in [1.29, 1.82) is 0 Å². The van der Waals surface area contributed by atoms with Crippen molar-refractivity contribution in [3.8, 4) is 0 Å². The maximum Gasteiger partial charge on any atom is 0.180 e. The number of aliphatic hydroxyl groups excluding tert-OH is 1. The number of hydrogen-bond donors (Lipinski definition) is 2. The molecule has 0 spiro atoms. The zero-order chi connectivity index (χ0) is 6.85. The fourth-order valence-electron chi connectivity index (χ4n) is 0.595. The van der Waals surface area contributed by atoms with Crippen LogP contribution in [-0.4, -0.2) is 16.9 Å². The van der Waals surface area contributed by atoms with Crippen LogP contribution in [0.2, 0.25) is 0 Å². The standard InChI is InChI=1S/C6H7NO2/c7-6-4(8)2-1-3-5(6)9/h1-3,6,8H,7H2. The lowest BCUT2D eigenvalue weighted by atomic mass is 10.1. The van der Waals surface area contributed by atoms with Gasteiger partial charge in [0.25, 0.3) is 0 Å². The van der Waals surface area contributed by atoms with Gasteiger partial charge in [-0.3, -0.25) is 4.79 Å². The number of rotatable bonds is 0. The molecule has 3 nitrogen and oxygen atoms in total. The Morgan fingerprint density at radius 1 is 1.67 bits per heavy atom. The zero-order valence-electron chi connectivity index (χ0n) is 4.74. The summed E-state index contributed by atoms with van der Waals surface area (Å²) in [5.74, 6) is -0.322. The van der Waals surface area contributed by atoms with Crippen LogP contribution >= 0.6 is 0 Å². The topological polar surface area (TPSA) is 63.3 Å². The molecule has 48 valence electrons. The van der Waals surface area contributed by atoms with Crippen LogP contribution in [0, 0.1) is 0 Å². The Bertz CT molecular complexity index is 193. The minimum atomic E-state index is -0.838. The van der Waals surface area contributed by atoms with E-state index < -0.39 is 6.04 Å². The highest BCUT2D eigenvalue weighted by Gasteiger charge is 2.16. The van der Waals surface area contributed by atoms with Crippen molar-refractivity contribution in [1.82, 2.24) is 0 Å². The molecule has 0 saturated carbocycles. The summed E-state index contributed by atoms with van der Waals surface area (Å²) in [5.41, 5.74) is 5.20. The number of allylic oxidation sites excluding steroid dienone is 2. The summed E-state index contributed by atoms with van der Waals surface area (Å²) in [7, 11) is 0. The molecule has 1 atom stereocenters. The van der Waals surface area contributed by atoms with E-state index >= 15 is 0 Å². The molecule has 1 rings (SSSR count). The Kier molecular flexibility index (Phi) is 1.36. The van der Waals surface area contributed by atoms with Crippen molar-refractivity contribution in [3.63, 3.8) is 0 Å². The van der Waals surface area contributed by atoms with Crippen LogP contribution in [0.4, 0.5) is 0 Å². The monoisotopic (exact) mass is 125 g/mol. The first-order chi connectivity index (χ1) is 4.22. The summed E-state index contributed by atoms with van der Waals surface area (Å²) >= 11 is 0. The first kappa shape index (κ1) is 6.04. The molecule has 0 aromatic rings. The van der Waals surface area contributed by atoms with Crippen LogP contribution in [0.25, 0.3) is 0 Å². The molecule has 1 unspecified atom stereocenters. The fraction of sp³-hybridized carbons (Fsp3) is 0.167. The van der Waals surface area contributed by atoms with Crippen molar-refractivity contribution < 1.29 is 9.90 Å². The van der Waals surface area contributed by atoms with Gasteiger partial charge in [0.05, 0.1) is 0 Å². The van der Waals surface area contributed by atoms with Gasteiger partial charge in [-0.2, -0.15) is 0 Å². The molecule has 0 amide bonds. The van der Waals surface area contributed by atoms with E-state index in [0.717, 1.165) is 0 Å². The van der Waals surface area contributed by atoms with Gasteiger partial charge in [0.2, 0.25) is 0 Å². The van der Waals surface area contributed by atoms with Crippen LogP contribution in [0.3, 0.4) is 0 Å². The molecule has 0 aliphatic heterocycles. The zero-order valence-corrected chi connectivity index (χ0v) is 4.74. The van der Waals surface area contributed by atoms with Gasteiger partial charge in [-0.05, 0) is 12.2 Å².